The van der Waals surface area contributed by atoms with Crippen LogP contribution >= 0.6 is 0 Å². The number of halogens is 2. The maximum atomic E-state index is 13.5. The third-order valence-electron chi connectivity index (χ3n) is 5.20. The Morgan fingerprint density at radius 1 is 1.26 bits per heavy atom. The lowest BCUT2D eigenvalue weighted by Gasteiger charge is -2.33. The van der Waals surface area contributed by atoms with Crippen LogP contribution in [0.1, 0.15) is 46.1 Å². The molecule has 1 fully saturated rings. The Morgan fingerprint density at radius 3 is 2.89 bits per heavy atom. The maximum absolute atomic E-state index is 13.5. The number of carbonyl (C=O) groups is 1. The smallest absolute Gasteiger partial charge is 0.166 e. The number of hydrogen-bond acceptors (Lipinski definition) is 4. The van der Waals surface area contributed by atoms with Gasteiger partial charge in [0, 0.05) is 25.2 Å². The molecular weight excluding hydrogens is 350 g/mol. The molecule has 7 heteroatoms. The molecule has 5 nitrogen and oxygen atoms in total. The average molecular weight is 370 g/mol. The second-order valence-electron chi connectivity index (χ2n) is 7.04. The quantitative estimate of drug-likeness (QED) is 0.660. The fraction of sp³-hybridized carbons (Fsp3) is 0.350. The molecule has 3 heterocycles. The number of benzene rings is 1. The summed E-state index contributed by atoms with van der Waals surface area (Å²) < 4.78 is 28.4. The SMILES string of the molecule is Cc1nn2c(C3CCCN(Cc4ccc(F)c(F)c4)C3)ccnc2c1C=O. The molecule has 0 spiro atoms. The van der Waals surface area contributed by atoms with Gasteiger partial charge in [0.1, 0.15) is 0 Å². The minimum absolute atomic E-state index is 0.230. The van der Waals surface area contributed by atoms with E-state index in [0.717, 1.165) is 43.5 Å². The predicted octanol–water partition coefficient (Wildman–Crippen LogP) is 3.51. The van der Waals surface area contributed by atoms with Crippen LogP contribution in [0.4, 0.5) is 8.78 Å². The van der Waals surface area contributed by atoms with E-state index in [-0.39, 0.29) is 5.92 Å². The predicted molar refractivity (Wildman–Crippen MR) is 96.7 cm³/mol. The summed E-state index contributed by atoms with van der Waals surface area (Å²) in [5, 5.41) is 4.50. The molecule has 2 aromatic heterocycles. The fourth-order valence-electron chi connectivity index (χ4n) is 3.87. The van der Waals surface area contributed by atoms with E-state index in [2.05, 4.69) is 15.0 Å². The molecule has 1 atom stereocenters. The Balaban J connectivity index is 1.59. The van der Waals surface area contributed by atoms with Crippen LogP contribution in [0.25, 0.3) is 5.65 Å². The zero-order chi connectivity index (χ0) is 19.0. The zero-order valence-electron chi connectivity index (χ0n) is 15.0. The number of carbonyl (C=O) groups excluding carboxylic acids is 1. The summed E-state index contributed by atoms with van der Waals surface area (Å²) in [7, 11) is 0. The first kappa shape index (κ1) is 17.7. The van der Waals surface area contributed by atoms with Gasteiger partial charge < -0.3 is 0 Å². The topological polar surface area (TPSA) is 50.5 Å². The first-order valence-electron chi connectivity index (χ1n) is 9.02. The molecule has 0 bridgehead atoms. The van der Waals surface area contributed by atoms with E-state index < -0.39 is 11.6 Å². The third-order valence-corrected chi connectivity index (χ3v) is 5.20. The summed E-state index contributed by atoms with van der Waals surface area (Å²) in [6, 6.07) is 6.00. The van der Waals surface area contributed by atoms with Gasteiger partial charge in [0.15, 0.2) is 23.6 Å². The van der Waals surface area contributed by atoms with Gasteiger partial charge in [0.05, 0.1) is 17.0 Å². The lowest BCUT2D eigenvalue weighted by Crippen LogP contribution is -2.34. The molecule has 0 N–H and O–H groups in total. The summed E-state index contributed by atoms with van der Waals surface area (Å²) in [5.41, 5.74) is 3.54. The second kappa shape index (κ2) is 7.15. The number of rotatable bonds is 4. The van der Waals surface area contributed by atoms with Gasteiger partial charge in [0.2, 0.25) is 0 Å². The van der Waals surface area contributed by atoms with E-state index in [1.165, 1.54) is 12.1 Å². The van der Waals surface area contributed by atoms with Crippen molar-refractivity contribution in [1.82, 2.24) is 19.5 Å². The number of fused-ring (bicyclic) bond motifs is 1. The first-order valence-corrected chi connectivity index (χ1v) is 9.02. The van der Waals surface area contributed by atoms with Gasteiger partial charge in [-0.05, 0) is 50.1 Å². The summed E-state index contributed by atoms with van der Waals surface area (Å²) in [6.07, 6.45) is 4.51. The summed E-state index contributed by atoms with van der Waals surface area (Å²) >= 11 is 0. The normalized spacial score (nSPS) is 18.1. The van der Waals surface area contributed by atoms with E-state index in [0.29, 0.717) is 23.4 Å². The molecule has 1 aromatic carbocycles. The molecule has 1 saturated heterocycles. The molecule has 0 aliphatic carbocycles. The van der Waals surface area contributed by atoms with Gasteiger partial charge in [0.25, 0.3) is 0 Å². The van der Waals surface area contributed by atoms with Gasteiger partial charge in [-0.25, -0.2) is 18.3 Å². The monoisotopic (exact) mass is 370 g/mol. The van der Waals surface area contributed by atoms with Gasteiger partial charge >= 0.3 is 0 Å². The van der Waals surface area contributed by atoms with Crippen LogP contribution in [-0.4, -0.2) is 38.9 Å². The van der Waals surface area contributed by atoms with E-state index in [1.807, 2.05) is 6.07 Å². The van der Waals surface area contributed by atoms with Crippen LogP contribution < -0.4 is 0 Å². The van der Waals surface area contributed by atoms with Crippen molar-refractivity contribution in [1.29, 1.82) is 0 Å². The first-order chi connectivity index (χ1) is 13.1. The van der Waals surface area contributed by atoms with Crippen LogP contribution in [-0.2, 0) is 6.54 Å². The highest BCUT2D eigenvalue weighted by atomic mass is 19.2. The van der Waals surface area contributed by atoms with Crippen LogP contribution in [0.15, 0.2) is 30.5 Å². The number of nitrogens with zero attached hydrogens (tertiary/aromatic N) is 4. The van der Waals surface area contributed by atoms with Crippen LogP contribution in [0.3, 0.4) is 0 Å². The Labute approximate surface area is 155 Å². The van der Waals surface area contributed by atoms with Crippen molar-refractivity contribution < 1.29 is 13.6 Å². The van der Waals surface area contributed by atoms with Crippen molar-refractivity contribution in [2.45, 2.75) is 32.2 Å². The molecule has 27 heavy (non-hydrogen) atoms. The maximum Gasteiger partial charge on any atom is 0.166 e. The number of likely N-dealkylation sites (tertiary alicyclic amines) is 1. The summed E-state index contributed by atoms with van der Waals surface area (Å²) in [6.45, 7) is 4.06. The molecule has 1 unspecified atom stereocenters. The Hall–Kier alpha value is -2.67. The number of aromatic nitrogens is 3. The standard InChI is InChI=1S/C20H20F2N4O/c1-13-16(12-27)20-23-7-6-19(26(20)24-13)15-3-2-8-25(11-15)10-14-4-5-17(21)18(22)9-14/h4-7,9,12,15H,2-3,8,10-11H2,1H3. The highest BCUT2D eigenvalue weighted by molar-refractivity contribution is 5.85. The van der Waals surface area contributed by atoms with Crippen molar-refractivity contribution in [3.8, 4) is 0 Å². The molecule has 140 valence electrons. The molecule has 0 radical (unpaired) electrons. The van der Waals surface area contributed by atoms with E-state index in [1.54, 1.807) is 23.7 Å². The van der Waals surface area contributed by atoms with Gasteiger partial charge in [-0.1, -0.05) is 6.07 Å². The Bertz CT molecular complexity index is 1000. The molecule has 0 saturated carbocycles. The third kappa shape index (κ3) is 3.35. The van der Waals surface area contributed by atoms with E-state index >= 15 is 0 Å². The van der Waals surface area contributed by atoms with Crippen LogP contribution in [0.5, 0.6) is 0 Å². The number of aldehydes is 1. The van der Waals surface area contributed by atoms with Crippen molar-refractivity contribution in [2.24, 2.45) is 0 Å². The molecule has 4 rings (SSSR count). The highest BCUT2D eigenvalue weighted by Gasteiger charge is 2.25. The second-order valence-corrected chi connectivity index (χ2v) is 7.04. The van der Waals surface area contributed by atoms with Crippen molar-refractivity contribution >= 4 is 11.9 Å². The molecule has 1 aliphatic heterocycles. The van der Waals surface area contributed by atoms with Crippen LogP contribution in [0.2, 0.25) is 0 Å². The lowest BCUT2D eigenvalue weighted by atomic mass is 9.94. The van der Waals surface area contributed by atoms with Crippen molar-refractivity contribution in [3.63, 3.8) is 0 Å². The average Bonchev–Trinajstić information content (AvgIpc) is 3.00. The number of aryl methyl sites for hydroxylation is 1. The minimum atomic E-state index is -0.825. The molecule has 0 amide bonds. The number of hydrogen-bond donors (Lipinski definition) is 0. The zero-order valence-corrected chi connectivity index (χ0v) is 15.0. The Kier molecular flexibility index (Phi) is 4.70. The summed E-state index contributed by atoms with van der Waals surface area (Å²) in [5.74, 6) is -1.41. The van der Waals surface area contributed by atoms with Gasteiger partial charge in [-0.2, -0.15) is 5.10 Å². The molecular formula is C20H20F2N4O. The van der Waals surface area contributed by atoms with Crippen molar-refractivity contribution in [3.05, 3.63) is 64.6 Å². The van der Waals surface area contributed by atoms with Crippen LogP contribution in [0, 0.1) is 18.6 Å². The van der Waals surface area contributed by atoms with Gasteiger partial charge in [-0.3, -0.25) is 9.69 Å². The molecule has 1 aliphatic rings. The minimum Gasteiger partial charge on any atom is -0.298 e. The fourth-order valence-corrected chi connectivity index (χ4v) is 3.87. The van der Waals surface area contributed by atoms with Crippen molar-refractivity contribution in [2.75, 3.05) is 13.1 Å². The molecule has 3 aromatic rings. The van der Waals surface area contributed by atoms with E-state index in [9.17, 15) is 13.6 Å². The highest BCUT2D eigenvalue weighted by Crippen LogP contribution is 2.28. The number of piperidine rings is 1. The Morgan fingerprint density at radius 2 is 2.11 bits per heavy atom. The van der Waals surface area contributed by atoms with E-state index in [4.69, 9.17) is 0 Å². The van der Waals surface area contributed by atoms with Gasteiger partial charge in [-0.15, -0.1) is 0 Å². The lowest BCUT2D eigenvalue weighted by molar-refractivity contribution is 0.112. The summed E-state index contributed by atoms with van der Waals surface area (Å²) in [4.78, 5) is 17.9. The largest absolute Gasteiger partial charge is 0.298 e.